The maximum Gasteiger partial charge on any atom is 0.145 e. The molecule has 1 N–H and O–H groups in total. The van der Waals surface area contributed by atoms with Crippen LogP contribution in [0.5, 0.6) is 0 Å². The summed E-state index contributed by atoms with van der Waals surface area (Å²) >= 11 is 0. The van der Waals surface area contributed by atoms with Crippen molar-refractivity contribution in [2.75, 3.05) is 13.1 Å². The van der Waals surface area contributed by atoms with E-state index in [4.69, 9.17) is 0 Å². The maximum atomic E-state index is 11.9. The third-order valence-corrected chi connectivity index (χ3v) is 2.82. The third kappa shape index (κ3) is 1.68. The predicted molar refractivity (Wildman–Crippen MR) is 53.9 cm³/mol. The van der Waals surface area contributed by atoms with Crippen LogP contribution in [0.2, 0.25) is 0 Å². The largest absolute Gasteiger partial charge is 0.315 e. The molecule has 1 aliphatic rings. The molecule has 14 heavy (non-hydrogen) atoms. The molecule has 0 atom stereocenters. The minimum atomic E-state index is -0.136. The van der Waals surface area contributed by atoms with Crippen molar-refractivity contribution in [3.63, 3.8) is 0 Å². The number of carbonyl (C=O) groups is 1. The minimum absolute atomic E-state index is 0.136. The van der Waals surface area contributed by atoms with Crippen molar-refractivity contribution < 1.29 is 4.79 Å². The van der Waals surface area contributed by atoms with Gasteiger partial charge in [0.2, 0.25) is 0 Å². The number of rotatable bonds is 3. The van der Waals surface area contributed by atoms with Crippen LogP contribution in [0, 0.1) is 5.41 Å². The van der Waals surface area contributed by atoms with E-state index in [1.54, 1.807) is 12.4 Å². The molecular formula is C11H14N2O. The fourth-order valence-electron chi connectivity index (χ4n) is 1.60. The Kier molecular flexibility index (Phi) is 2.33. The highest BCUT2D eigenvalue weighted by atomic mass is 16.1. The zero-order chi connectivity index (χ0) is 10.0. The van der Waals surface area contributed by atoms with Gasteiger partial charge in [-0.3, -0.25) is 9.78 Å². The molecule has 1 fully saturated rings. The van der Waals surface area contributed by atoms with Crippen LogP contribution in [0.3, 0.4) is 0 Å². The van der Waals surface area contributed by atoms with Crippen LogP contribution in [0.25, 0.3) is 0 Å². The average molecular weight is 190 g/mol. The molecule has 0 aliphatic carbocycles. The standard InChI is InChI=1S/C11H14N2O/c1-11(7-13-8-11)10(14)6-9-2-4-12-5-3-9/h2-5,13H,6-8H2,1H3. The second kappa shape index (κ2) is 3.50. The Morgan fingerprint density at radius 2 is 2.14 bits per heavy atom. The molecule has 0 saturated carbocycles. The molecule has 0 bridgehead atoms. The molecule has 1 aromatic rings. The Labute approximate surface area is 83.5 Å². The van der Waals surface area contributed by atoms with Crippen molar-refractivity contribution in [2.45, 2.75) is 13.3 Å². The predicted octanol–water partition coefficient (Wildman–Crippen LogP) is 0.803. The Morgan fingerprint density at radius 3 is 2.64 bits per heavy atom. The smallest absolute Gasteiger partial charge is 0.145 e. The van der Waals surface area contributed by atoms with Crippen LogP contribution < -0.4 is 5.32 Å². The number of nitrogens with zero attached hydrogens (tertiary/aromatic N) is 1. The van der Waals surface area contributed by atoms with Crippen molar-refractivity contribution in [1.82, 2.24) is 10.3 Å². The van der Waals surface area contributed by atoms with E-state index in [0.29, 0.717) is 12.2 Å². The molecule has 0 aromatic carbocycles. The molecule has 0 amide bonds. The number of hydrogen-bond acceptors (Lipinski definition) is 3. The number of pyridine rings is 1. The third-order valence-electron chi connectivity index (χ3n) is 2.82. The topological polar surface area (TPSA) is 42.0 Å². The number of aromatic nitrogens is 1. The lowest BCUT2D eigenvalue weighted by atomic mass is 9.78. The lowest BCUT2D eigenvalue weighted by Crippen LogP contribution is -2.56. The fourth-order valence-corrected chi connectivity index (χ4v) is 1.60. The quantitative estimate of drug-likeness (QED) is 0.766. The highest BCUT2D eigenvalue weighted by molar-refractivity contribution is 5.87. The first kappa shape index (κ1) is 9.34. The Bertz CT molecular complexity index is 330. The fraction of sp³-hybridized carbons (Fsp3) is 0.455. The average Bonchev–Trinajstić information content (AvgIpc) is 2.15. The first-order valence-electron chi connectivity index (χ1n) is 4.84. The maximum absolute atomic E-state index is 11.9. The molecule has 1 saturated heterocycles. The summed E-state index contributed by atoms with van der Waals surface area (Å²) in [5, 5.41) is 3.14. The van der Waals surface area contributed by atoms with Crippen LogP contribution >= 0.6 is 0 Å². The minimum Gasteiger partial charge on any atom is -0.315 e. The normalized spacial score (nSPS) is 18.6. The van der Waals surface area contributed by atoms with Crippen LogP contribution in [0.15, 0.2) is 24.5 Å². The van der Waals surface area contributed by atoms with E-state index in [1.807, 2.05) is 19.1 Å². The van der Waals surface area contributed by atoms with Gasteiger partial charge in [-0.25, -0.2) is 0 Å². The van der Waals surface area contributed by atoms with Gasteiger partial charge in [-0.05, 0) is 17.7 Å². The van der Waals surface area contributed by atoms with Gasteiger partial charge in [0.15, 0.2) is 0 Å². The van der Waals surface area contributed by atoms with Gasteiger partial charge in [0, 0.05) is 31.9 Å². The first-order chi connectivity index (χ1) is 6.71. The van der Waals surface area contributed by atoms with Crippen molar-refractivity contribution in [1.29, 1.82) is 0 Å². The van der Waals surface area contributed by atoms with Gasteiger partial charge in [-0.2, -0.15) is 0 Å². The Morgan fingerprint density at radius 1 is 1.50 bits per heavy atom. The second-order valence-electron chi connectivity index (χ2n) is 4.12. The lowest BCUT2D eigenvalue weighted by Gasteiger charge is -2.37. The summed E-state index contributed by atoms with van der Waals surface area (Å²) in [4.78, 5) is 15.8. The molecule has 74 valence electrons. The zero-order valence-corrected chi connectivity index (χ0v) is 8.29. The van der Waals surface area contributed by atoms with E-state index in [1.165, 1.54) is 0 Å². The summed E-state index contributed by atoms with van der Waals surface area (Å²) in [7, 11) is 0. The van der Waals surface area contributed by atoms with Gasteiger partial charge in [-0.1, -0.05) is 6.92 Å². The summed E-state index contributed by atoms with van der Waals surface area (Å²) < 4.78 is 0. The molecule has 2 rings (SSSR count). The summed E-state index contributed by atoms with van der Waals surface area (Å²) in [6.07, 6.45) is 3.98. The van der Waals surface area contributed by atoms with Crippen LogP contribution in [-0.4, -0.2) is 23.9 Å². The van der Waals surface area contributed by atoms with Crippen LogP contribution in [0.4, 0.5) is 0 Å². The van der Waals surface area contributed by atoms with Gasteiger partial charge in [0.1, 0.15) is 5.78 Å². The summed E-state index contributed by atoms with van der Waals surface area (Å²) in [5.41, 5.74) is 0.918. The van der Waals surface area contributed by atoms with Crippen LogP contribution in [-0.2, 0) is 11.2 Å². The van der Waals surface area contributed by atoms with E-state index in [9.17, 15) is 4.79 Å². The van der Waals surface area contributed by atoms with Crippen molar-refractivity contribution in [3.05, 3.63) is 30.1 Å². The highest BCUT2D eigenvalue weighted by Crippen LogP contribution is 2.24. The molecule has 1 aliphatic heterocycles. The second-order valence-corrected chi connectivity index (χ2v) is 4.12. The van der Waals surface area contributed by atoms with Gasteiger partial charge in [0.05, 0.1) is 5.41 Å². The van der Waals surface area contributed by atoms with E-state index in [2.05, 4.69) is 10.3 Å². The summed E-state index contributed by atoms with van der Waals surface area (Å²) in [6.45, 7) is 3.65. The Hall–Kier alpha value is -1.22. The first-order valence-corrected chi connectivity index (χ1v) is 4.84. The van der Waals surface area contributed by atoms with Gasteiger partial charge in [-0.15, -0.1) is 0 Å². The lowest BCUT2D eigenvalue weighted by molar-refractivity contribution is -0.129. The van der Waals surface area contributed by atoms with E-state index in [0.717, 1.165) is 18.7 Å². The number of nitrogens with one attached hydrogen (secondary N) is 1. The van der Waals surface area contributed by atoms with E-state index < -0.39 is 0 Å². The molecule has 1 aromatic heterocycles. The van der Waals surface area contributed by atoms with Crippen molar-refractivity contribution in [2.24, 2.45) is 5.41 Å². The van der Waals surface area contributed by atoms with Crippen LogP contribution in [0.1, 0.15) is 12.5 Å². The molecule has 3 nitrogen and oxygen atoms in total. The monoisotopic (exact) mass is 190 g/mol. The Balaban J connectivity index is 2.02. The van der Waals surface area contributed by atoms with Crippen molar-refractivity contribution >= 4 is 5.78 Å². The molecule has 3 heteroatoms. The SMILES string of the molecule is CC1(C(=O)Cc2ccncc2)CNC1. The molecule has 0 unspecified atom stereocenters. The number of ketones is 1. The number of hydrogen-bond donors (Lipinski definition) is 1. The molecule has 0 radical (unpaired) electrons. The molecular weight excluding hydrogens is 176 g/mol. The van der Waals surface area contributed by atoms with E-state index in [-0.39, 0.29) is 5.41 Å². The van der Waals surface area contributed by atoms with Gasteiger partial charge >= 0.3 is 0 Å². The van der Waals surface area contributed by atoms with Gasteiger partial charge < -0.3 is 5.32 Å². The molecule has 2 heterocycles. The number of Topliss-reactive ketones (excluding diaryl/α,β-unsaturated/α-hetero) is 1. The zero-order valence-electron chi connectivity index (χ0n) is 8.29. The van der Waals surface area contributed by atoms with E-state index >= 15 is 0 Å². The summed E-state index contributed by atoms with van der Waals surface area (Å²) in [5.74, 6) is 0.322. The molecule has 0 spiro atoms. The number of carbonyl (C=O) groups excluding carboxylic acids is 1. The van der Waals surface area contributed by atoms with Crippen molar-refractivity contribution in [3.8, 4) is 0 Å². The summed E-state index contributed by atoms with van der Waals surface area (Å²) in [6, 6.07) is 3.79. The highest BCUT2D eigenvalue weighted by Gasteiger charge is 2.38. The van der Waals surface area contributed by atoms with Gasteiger partial charge in [0.25, 0.3) is 0 Å².